The highest BCUT2D eigenvalue weighted by Crippen LogP contribution is 2.33. The first kappa shape index (κ1) is 19.7. The van der Waals surface area contributed by atoms with Crippen molar-refractivity contribution in [2.75, 3.05) is 11.9 Å². The van der Waals surface area contributed by atoms with Crippen molar-refractivity contribution in [2.24, 2.45) is 0 Å². The molecule has 0 bridgehead atoms. The van der Waals surface area contributed by atoms with Gasteiger partial charge in [0.1, 0.15) is 0 Å². The first-order valence-corrected chi connectivity index (χ1v) is 10.0. The van der Waals surface area contributed by atoms with Gasteiger partial charge in [0.2, 0.25) is 0 Å². The average molecular weight is 429 g/mol. The first-order valence-electron chi connectivity index (χ1n) is 9.27. The van der Waals surface area contributed by atoms with Crippen molar-refractivity contribution in [1.29, 1.82) is 0 Å². The summed E-state index contributed by atoms with van der Waals surface area (Å²) in [5, 5.41) is 4.04. The molecule has 1 aliphatic carbocycles. The molecule has 0 aliphatic heterocycles. The van der Waals surface area contributed by atoms with Gasteiger partial charge in [0.15, 0.2) is 6.61 Å². The lowest BCUT2D eigenvalue weighted by Gasteiger charge is -2.13. The number of carbonyl (C=O) groups is 2. The highest BCUT2D eigenvalue weighted by molar-refractivity contribution is 6.40. The third-order valence-corrected chi connectivity index (χ3v) is 5.81. The van der Waals surface area contributed by atoms with Crippen LogP contribution in [-0.2, 0) is 22.4 Å². The third kappa shape index (κ3) is 3.80. The normalized spacial score (nSPS) is 12.7. The monoisotopic (exact) mass is 428 g/mol. The number of carbonyl (C=O) groups excluding carboxylic acids is 2. The number of pyridine rings is 1. The summed E-state index contributed by atoms with van der Waals surface area (Å²) < 4.78 is 5.34. The van der Waals surface area contributed by atoms with E-state index in [9.17, 15) is 9.59 Å². The van der Waals surface area contributed by atoms with E-state index in [0.717, 1.165) is 47.0 Å². The molecular weight excluding hydrogens is 411 g/mol. The molecule has 0 saturated carbocycles. The van der Waals surface area contributed by atoms with Gasteiger partial charge in [0.05, 0.1) is 26.8 Å². The summed E-state index contributed by atoms with van der Waals surface area (Å²) in [6.45, 7) is 1.37. The summed E-state index contributed by atoms with van der Waals surface area (Å²) >= 11 is 12.3. The van der Waals surface area contributed by atoms with Crippen LogP contribution >= 0.6 is 23.2 Å². The van der Waals surface area contributed by atoms with E-state index < -0.39 is 18.5 Å². The van der Waals surface area contributed by atoms with Gasteiger partial charge in [0.25, 0.3) is 5.91 Å². The quantitative estimate of drug-likeness (QED) is 0.584. The fourth-order valence-electron chi connectivity index (χ4n) is 3.59. The fourth-order valence-corrected chi connectivity index (χ4v) is 4.06. The fraction of sp³-hybridized carbons (Fsp3) is 0.227. The van der Waals surface area contributed by atoms with E-state index >= 15 is 0 Å². The number of esters is 1. The molecule has 0 unspecified atom stereocenters. The molecule has 0 radical (unpaired) electrons. The molecule has 0 atom stereocenters. The molecule has 148 valence electrons. The average Bonchev–Trinajstić information content (AvgIpc) is 3.18. The van der Waals surface area contributed by atoms with Crippen molar-refractivity contribution < 1.29 is 14.3 Å². The number of ether oxygens (including phenoxy) is 1. The number of benzene rings is 2. The molecule has 0 saturated heterocycles. The SMILES string of the molecule is Cc1ccc(Cl)c(NC(=O)COC(=O)c2c3c(nc4ccccc24)CCC3)c1Cl. The van der Waals surface area contributed by atoms with Crippen LogP contribution in [0, 0.1) is 6.92 Å². The van der Waals surface area contributed by atoms with Crippen LogP contribution in [0.25, 0.3) is 10.9 Å². The number of anilines is 1. The third-order valence-electron chi connectivity index (χ3n) is 5.01. The number of aromatic nitrogens is 1. The van der Waals surface area contributed by atoms with Crippen LogP contribution in [0.15, 0.2) is 36.4 Å². The lowest BCUT2D eigenvalue weighted by molar-refractivity contribution is -0.119. The minimum Gasteiger partial charge on any atom is -0.452 e. The zero-order valence-electron chi connectivity index (χ0n) is 15.7. The lowest BCUT2D eigenvalue weighted by Crippen LogP contribution is -2.22. The van der Waals surface area contributed by atoms with Crippen molar-refractivity contribution in [1.82, 2.24) is 4.98 Å². The van der Waals surface area contributed by atoms with Gasteiger partial charge in [-0.3, -0.25) is 9.78 Å². The Hall–Kier alpha value is -2.63. The summed E-state index contributed by atoms with van der Waals surface area (Å²) in [7, 11) is 0. The molecule has 3 aromatic rings. The Morgan fingerprint density at radius 1 is 1.14 bits per heavy atom. The number of amides is 1. The summed E-state index contributed by atoms with van der Waals surface area (Å²) in [4.78, 5) is 29.9. The minimum absolute atomic E-state index is 0.310. The number of hydrogen-bond donors (Lipinski definition) is 1. The molecule has 1 N–H and O–H groups in total. The van der Waals surface area contributed by atoms with Crippen LogP contribution in [0.2, 0.25) is 10.0 Å². The molecule has 1 amide bonds. The Morgan fingerprint density at radius 3 is 2.76 bits per heavy atom. The van der Waals surface area contributed by atoms with Crippen molar-refractivity contribution in [3.05, 3.63) is 68.8 Å². The first-order chi connectivity index (χ1) is 14.0. The van der Waals surface area contributed by atoms with E-state index in [2.05, 4.69) is 10.3 Å². The van der Waals surface area contributed by atoms with Crippen LogP contribution in [0.1, 0.15) is 33.6 Å². The summed E-state index contributed by atoms with van der Waals surface area (Å²) in [6, 6.07) is 10.9. The highest BCUT2D eigenvalue weighted by Gasteiger charge is 2.25. The van der Waals surface area contributed by atoms with Gasteiger partial charge in [-0.1, -0.05) is 47.5 Å². The molecule has 1 aliphatic rings. The molecule has 7 heteroatoms. The van der Waals surface area contributed by atoms with Gasteiger partial charge in [-0.25, -0.2) is 4.79 Å². The summed E-state index contributed by atoms with van der Waals surface area (Å²) in [6.07, 6.45) is 2.56. The van der Waals surface area contributed by atoms with Crippen molar-refractivity contribution in [3.8, 4) is 0 Å². The number of hydrogen-bond acceptors (Lipinski definition) is 4. The molecule has 0 fully saturated rings. The number of halogens is 2. The minimum atomic E-state index is -0.529. The van der Waals surface area contributed by atoms with E-state index in [1.54, 1.807) is 12.1 Å². The molecule has 0 spiro atoms. The van der Waals surface area contributed by atoms with Crippen LogP contribution in [-0.4, -0.2) is 23.5 Å². The molecule has 1 heterocycles. The maximum Gasteiger partial charge on any atom is 0.339 e. The number of nitrogens with zero attached hydrogens (tertiary/aromatic N) is 1. The van der Waals surface area contributed by atoms with E-state index in [1.807, 2.05) is 31.2 Å². The topological polar surface area (TPSA) is 68.3 Å². The van der Waals surface area contributed by atoms with E-state index in [-0.39, 0.29) is 0 Å². The van der Waals surface area contributed by atoms with Crippen LogP contribution in [0.5, 0.6) is 0 Å². The van der Waals surface area contributed by atoms with Gasteiger partial charge in [-0.15, -0.1) is 0 Å². The van der Waals surface area contributed by atoms with Gasteiger partial charge >= 0.3 is 5.97 Å². The van der Waals surface area contributed by atoms with Gasteiger partial charge in [0, 0.05) is 11.1 Å². The molecular formula is C22H18Cl2N2O3. The molecule has 4 rings (SSSR count). The second-order valence-electron chi connectivity index (χ2n) is 6.96. The van der Waals surface area contributed by atoms with Gasteiger partial charge in [-0.05, 0) is 49.4 Å². The number of rotatable bonds is 4. The number of fused-ring (bicyclic) bond motifs is 2. The largest absolute Gasteiger partial charge is 0.452 e. The number of nitrogens with one attached hydrogen (secondary N) is 1. The second kappa shape index (κ2) is 8.01. The van der Waals surface area contributed by atoms with Gasteiger partial charge < -0.3 is 10.1 Å². The van der Waals surface area contributed by atoms with Crippen LogP contribution in [0.4, 0.5) is 5.69 Å². The predicted octanol–water partition coefficient (Wildman–Crippen LogP) is 5.13. The highest BCUT2D eigenvalue weighted by atomic mass is 35.5. The molecule has 29 heavy (non-hydrogen) atoms. The summed E-state index contributed by atoms with van der Waals surface area (Å²) in [5.41, 5.74) is 4.19. The van der Waals surface area contributed by atoms with E-state index in [1.165, 1.54) is 0 Å². The predicted molar refractivity (Wildman–Crippen MR) is 114 cm³/mol. The van der Waals surface area contributed by atoms with Crippen molar-refractivity contribution in [3.63, 3.8) is 0 Å². The maximum absolute atomic E-state index is 12.9. The number of para-hydroxylation sites is 1. The standard InChI is InChI=1S/C22H18Cl2N2O3/c1-12-9-10-15(23)21(20(12)24)26-18(27)11-29-22(28)19-13-5-2-3-7-16(13)25-17-8-4-6-14(17)19/h2-3,5,7,9-10H,4,6,8,11H2,1H3,(H,26,27). The van der Waals surface area contributed by atoms with Crippen LogP contribution < -0.4 is 5.32 Å². The summed E-state index contributed by atoms with van der Waals surface area (Å²) in [5.74, 6) is -1.04. The number of aryl methyl sites for hydroxylation is 2. The van der Waals surface area contributed by atoms with E-state index in [0.29, 0.717) is 21.3 Å². The Morgan fingerprint density at radius 2 is 1.93 bits per heavy atom. The van der Waals surface area contributed by atoms with Crippen LogP contribution in [0.3, 0.4) is 0 Å². The Balaban J connectivity index is 1.54. The second-order valence-corrected chi connectivity index (χ2v) is 7.75. The zero-order valence-corrected chi connectivity index (χ0v) is 17.2. The Labute approximate surface area is 178 Å². The smallest absolute Gasteiger partial charge is 0.339 e. The van der Waals surface area contributed by atoms with Gasteiger partial charge in [-0.2, -0.15) is 0 Å². The van der Waals surface area contributed by atoms with E-state index in [4.69, 9.17) is 27.9 Å². The molecule has 5 nitrogen and oxygen atoms in total. The molecule has 1 aromatic heterocycles. The maximum atomic E-state index is 12.9. The van der Waals surface area contributed by atoms with Crippen molar-refractivity contribution in [2.45, 2.75) is 26.2 Å². The Kier molecular flexibility index (Phi) is 5.43. The lowest BCUT2D eigenvalue weighted by atomic mass is 10.0. The zero-order chi connectivity index (χ0) is 20.5. The van der Waals surface area contributed by atoms with Crippen molar-refractivity contribution >= 4 is 51.7 Å². The Bertz CT molecular complexity index is 1140. The molecule has 2 aromatic carbocycles.